The Bertz CT molecular complexity index is 830. The second-order valence-corrected chi connectivity index (χ2v) is 6.48. The van der Waals surface area contributed by atoms with Crippen LogP contribution in [0.25, 0.3) is 0 Å². The molecule has 1 amide bonds. The third kappa shape index (κ3) is 3.79. The maximum Gasteiger partial charge on any atom is 0.261 e. The third-order valence-electron chi connectivity index (χ3n) is 4.63. The van der Waals surface area contributed by atoms with Crippen molar-refractivity contribution >= 4 is 5.91 Å². The molecule has 0 fully saturated rings. The van der Waals surface area contributed by atoms with Gasteiger partial charge in [0.25, 0.3) is 11.5 Å². The molecular formula is C19H21FN2O3. The maximum absolute atomic E-state index is 13.0. The number of aryl methyl sites for hydroxylation is 2. The first-order chi connectivity index (χ1) is 12.0. The van der Waals surface area contributed by atoms with Gasteiger partial charge in [-0.2, -0.15) is 0 Å². The molecule has 1 aliphatic carbocycles. The Morgan fingerprint density at radius 2 is 1.92 bits per heavy atom. The Kier molecular flexibility index (Phi) is 4.99. The Morgan fingerprint density at radius 1 is 1.24 bits per heavy atom. The topological polar surface area (TPSA) is 82.2 Å². The number of hydrogen-bond donors (Lipinski definition) is 3. The maximum atomic E-state index is 13.0. The second kappa shape index (κ2) is 7.19. The summed E-state index contributed by atoms with van der Waals surface area (Å²) in [5, 5.41) is 13.0. The number of carbonyl (C=O) groups excluding carboxylic acids is 1. The van der Waals surface area contributed by atoms with Gasteiger partial charge in [0.2, 0.25) is 0 Å². The Balaban J connectivity index is 1.75. The first kappa shape index (κ1) is 17.4. The fourth-order valence-electron chi connectivity index (χ4n) is 3.16. The lowest BCUT2D eigenvalue weighted by atomic mass is 9.95. The van der Waals surface area contributed by atoms with Crippen LogP contribution in [0.15, 0.2) is 35.1 Å². The molecule has 0 radical (unpaired) electrons. The number of nitrogens with one attached hydrogen (secondary N) is 2. The molecule has 0 saturated heterocycles. The Morgan fingerprint density at radius 3 is 2.64 bits per heavy atom. The van der Waals surface area contributed by atoms with Crippen LogP contribution in [0.4, 0.5) is 4.39 Å². The van der Waals surface area contributed by atoms with Crippen LogP contribution in [0.3, 0.4) is 0 Å². The number of pyridine rings is 1. The highest BCUT2D eigenvalue weighted by Crippen LogP contribution is 2.20. The van der Waals surface area contributed by atoms with Crippen molar-refractivity contribution in [2.45, 2.75) is 44.8 Å². The van der Waals surface area contributed by atoms with Crippen molar-refractivity contribution in [3.05, 3.63) is 68.9 Å². The number of aliphatic hydroxyl groups is 1. The highest BCUT2D eigenvalue weighted by molar-refractivity contribution is 5.94. The molecule has 5 nitrogen and oxygen atoms in total. The van der Waals surface area contributed by atoms with Crippen molar-refractivity contribution in [3.63, 3.8) is 0 Å². The minimum Gasteiger partial charge on any atom is -0.386 e. The van der Waals surface area contributed by atoms with Gasteiger partial charge in [0, 0.05) is 5.69 Å². The molecule has 2 unspecified atom stereocenters. The van der Waals surface area contributed by atoms with Gasteiger partial charge in [-0.1, -0.05) is 12.1 Å². The molecule has 1 heterocycles. The summed E-state index contributed by atoms with van der Waals surface area (Å²) < 4.78 is 13.0. The molecule has 3 N–H and O–H groups in total. The molecule has 0 saturated carbocycles. The van der Waals surface area contributed by atoms with E-state index in [4.69, 9.17) is 0 Å². The average molecular weight is 344 g/mol. The molecule has 6 heteroatoms. The quantitative estimate of drug-likeness (QED) is 0.795. The number of benzene rings is 1. The van der Waals surface area contributed by atoms with Crippen molar-refractivity contribution in [3.8, 4) is 0 Å². The zero-order valence-electron chi connectivity index (χ0n) is 14.0. The molecule has 3 rings (SSSR count). The minimum absolute atomic E-state index is 0.0545. The first-order valence-electron chi connectivity index (χ1n) is 8.45. The fourth-order valence-corrected chi connectivity index (χ4v) is 3.16. The minimum atomic E-state index is -0.999. The van der Waals surface area contributed by atoms with Crippen molar-refractivity contribution < 1.29 is 14.3 Å². The Labute approximate surface area is 144 Å². The summed E-state index contributed by atoms with van der Waals surface area (Å²) in [5.41, 5.74) is 2.05. The van der Waals surface area contributed by atoms with Crippen molar-refractivity contribution in [2.24, 2.45) is 0 Å². The number of H-pyrrole nitrogens is 1. The van der Waals surface area contributed by atoms with Crippen LogP contribution in [0.5, 0.6) is 0 Å². The number of hydrogen-bond acceptors (Lipinski definition) is 3. The lowest BCUT2D eigenvalue weighted by Gasteiger charge is -2.21. The fraction of sp³-hybridized carbons (Fsp3) is 0.368. The number of halogens is 1. The van der Waals surface area contributed by atoms with Gasteiger partial charge in [-0.05, 0) is 61.9 Å². The smallest absolute Gasteiger partial charge is 0.261 e. The monoisotopic (exact) mass is 344 g/mol. The highest BCUT2D eigenvalue weighted by Gasteiger charge is 2.22. The molecule has 1 aliphatic rings. The summed E-state index contributed by atoms with van der Waals surface area (Å²) in [6.45, 7) is 1.64. The normalized spacial score (nSPS) is 16.0. The van der Waals surface area contributed by atoms with E-state index < -0.39 is 29.4 Å². The van der Waals surface area contributed by atoms with E-state index in [1.54, 1.807) is 13.0 Å². The summed E-state index contributed by atoms with van der Waals surface area (Å²) in [6, 6.07) is 6.46. The molecule has 25 heavy (non-hydrogen) atoms. The number of aromatic nitrogens is 1. The molecule has 2 aromatic rings. The van der Waals surface area contributed by atoms with Crippen LogP contribution in [0.1, 0.15) is 53.0 Å². The molecular weight excluding hydrogens is 323 g/mol. The third-order valence-corrected chi connectivity index (χ3v) is 4.63. The largest absolute Gasteiger partial charge is 0.386 e. The van der Waals surface area contributed by atoms with E-state index in [1.807, 2.05) is 0 Å². The van der Waals surface area contributed by atoms with Gasteiger partial charge in [-0.25, -0.2) is 4.39 Å². The average Bonchev–Trinajstić information content (AvgIpc) is 2.61. The van der Waals surface area contributed by atoms with E-state index in [0.717, 1.165) is 36.9 Å². The lowest BCUT2D eigenvalue weighted by Crippen LogP contribution is -2.39. The van der Waals surface area contributed by atoms with Crippen molar-refractivity contribution in [1.82, 2.24) is 10.3 Å². The van der Waals surface area contributed by atoms with E-state index >= 15 is 0 Å². The number of aliphatic hydroxyl groups excluding tert-OH is 1. The first-order valence-corrected chi connectivity index (χ1v) is 8.45. The summed E-state index contributed by atoms with van der Waals surface area (Å²) >= 11 is 0. The molecule has 0 bridgehead atoms. The summed E-state index contributed by atoms with van der Waals surface area (Å²) in [5.74, 6) is -0.920. The zero-order chi connectivity index (χ0) is 18.0. The Hall–Kier alpha value is -2.47. The number of fused-ring (bicyclic) bond motifs is 1. The van der Waals surface area contributed by atoms with Crippen LogP contribution >= 0.6 is 0 Å². The highest BCUT2D eigenvalue weighted by atomic mass is 19.1. The predicted molar refractivity (Wildman–Crippen MR) is 92.0 cm³/mol. The van der Waals surface area contributed by atoms with E-state index in [-0.39, 0.29) is 5.56 Å². The van der Waals surface area contributed by atoms with Gasteiger partial charge in [-0.15, -0.1) is 0 Å². The van der Waals surface area contributed by atoms with Crippen LogP contribution in [0, 0.1) is 5.82 Å². The van der Waals surface area contributed by atoms with E-state index in [1.165, 1.54) is 24.3 Å². The number of aromatic amines is 1. The molecule has 1 aromatic heterocycles. The van der Waals surface area contributed by atoms with Crippen molar-refractivity contribution in [2.75, 3.05) is 0 Å². The van der Waals surface area contributed by atoms with Crippen molar-refractivity contribution in [1.29, 1.82) is 0 Å². The van der Waals surface area contributed by atoms with Gasteiger partial charge in [-0.3, -0.25) is 9.59 Å². The summed E-state index contributed by atoms with van der Waals surface area (Å²) in [4.78, 5) is 27.4. The molecule has 0 aliphatic heterocycles. The zero-order valence-corrected chi connectivity index (χ0v) is 14.0. The summed E-state index contributed by atoms with van der Waals surface area (Å²) in [6.07, 6.45) is 2.75. The van der Waals surface area contributed by atoms with Gasteiger partial charge in [0.1, 0.15) is 11.4 Å². The standard InChI is InChI=1S/C19H21FN2O3/c1-11(17(23)12-6-8-14(20)9-7-12)21-18(24)15-10-13-4-2-3-5-16(13)22-19(15)25/h6-11,17,23H,2-5H2,1H3,(H,21,24)(H,22,25). The lowest BCUT2D eigenvalue weighted by molar-refractivity contribution is 0.0850. The number of rotatable bonds is 4. The van der Waals surface area contributed by atoms with E-state index in [2.05, 4.69) is 10.3 Å². The van der Waals surface area contributed by atoms with E-state index in [0.29, 0.717) is 5.56 Å². The van der Waals surface area contributed by atoms with Gasteiger partial charge in [0.15, 0.2) is 0 Å². The second-order valence-electron chi connectivity index (χ2n) is 6.48. The number of carbonyl (C=O) groups is 1. The predicted octanol–water partition coefficient (Wildman–Crippen LogP) is 2.24. The van der Waals surface area contributed by atoms with Crippen LogP contribution in [0.2, 0.25) is 0 Å². The molecule has 1 aromatic carbocycles. The van der Waals surface area contributed by atoms with E-state index in [9.17, 15) is 19.1 Å². The summed E-state index contributed by atoms with van der Waals surface area (Å²) in [7, 11) is 0. The molecule has 2 atom stereocenters. The molecule has 132 valence electrons. The van der Waals surface area contributed by atoms with Crippen LogP contribution in [-0.4, -0.2) is 22.0 Å². The van der Waals surface area contributed by atoms with Gasteiger partial charge in [0.05, 0.1) is 12.1 Å². The SMILES string of the molecule is CC(NC(=O)c1cc2c([nH]c1=O)CCCC2)C(O)c1ccc(F)cc1. The van der Waals surface area contributed by atoms with Crippen LogP contribution < -0.4 is 10.9 Å². The van der Waals surface area contributed by atoms with Gasteiger partial charge >= 0.3 is 0 Å². The number of amides is 1. The molecule has 0 spiro atoms. The van der Waals surface area contributed by atoms with Crippen LogP contribution in [-0.2, 0) is 12.8 Å². The van der Waals surface area contributed by atoms with Gasteiger partial charge < -0.3 is 15.4 Å².